The first-order valence-corrected chi connectivity index (χ1v) is 5.47. The Labute approximate surface area is 82.2 Å². The van der Waals surface area contributed by atoms with Gasteiger partial charge in [-0.2, -0.15) is 0 Å². The van der Waals surface area contributed by atoms with E-state index in [-0.39, 0.29) is 0 Å². The maximum atomic E-state index is 5.66. The minimum absolute atomic E-state index is 0.523. The van der Waals surface area contributed by atoms with Crippen LogP contribution in [0, 0.1) is 11.8 Å². The molecule has 4 atom stereocenters. The highest BCUT2D eigenvalue weighted by Crippen LogP contribution is 2.36. The van der Waals surface area contributed by atoms with Crippen molar-refractivity contribution < 1.29 is 4.74 Å². The molecule has 0 aromatic rings. The average molecular weight is 182 g/mol. The lowest BCUT2D eigenvalue weighted by Crippen LogP contribution is -2.08. The number of rotatable bonds is 6. The second-order valence-electron chi connectivity index (χ2n) is 4.35. The zero-order valence-corrected chi connectivity index (χ0v) is 9.12. The predicted octanol–water partition coefficient (Wildman–Crippen LogP) is 3.40. The quantitative estimate of drug-likeness (QED) is 0.453. The second-order valence-corrected chi connectivity index (χ2v) is 4.35. The summed E-state index contributed by atoms with van der Waals surface area (Å²) in [6.45, 7) is 10.5. The summed E-state index contributed by atoms with van der Waals surface area (Å²) in [5, 5.41) is 0. The normalized spacial score (nSPS) is 31.0. The lowest BCUT2D eigenvalue weighted by molar-refractivity contribution is 0.309. The zero-order chi connectivity index (χ0) is 9.84. The van der Waals surface area contributed by atoms with Crippen molar-refractivity contribution in [2.45, 2.75) is 52.2 Å². The molecule has 1 unspecified atom stereocenters. The van der Waals surface area contributed by atoms with Crippen LogP contribution in [0.15, 0.2) is 12.7 Å². The zero-order valence-electron chi connectivity index (χ0n) is 9.12. The van der Waals surface area contributed by atoms with E-state index in [2.05, 4.69) is 27.4 Å². The summed E-state index contributed by atoms with van der Waals surface area (Å²) >= 11 is 0. The summed E-state index contributed by atoms with van der Waals surface area (Å²) < 4.78 is 5.66. The fourth-order valence-corrected chi connectivity index (χ4v) is 1.93. The third kappa shape index (κ3) is 3.15. The molecule has 0 spiro atoms. The Kier molecular flexibility index (Phi) is 3.98. The summed E-state index contributed by atoms with van der Waals surface area (Å²) in [6, 6.07) is 0. The number of hydrogen-bond acceptors (Lipinski definition) is 1. The molecule has 0 aliphatic carbocycles. The van der Waals surface area contributed by atoms with Gasteiger partial charge in [-0.15, -0.1) is 6.58 Å². The van der Waals surface area contributed by atoms with E-state index >= 15 is 0 Å². The van der Waals surface area contributed by atoms with Gasteiger partial charge in [0, 0.05) is 0 Å². The first-order chi connectivity index (χ1) is 6.19. The Morgan fingerprint density at radius 1 is 1.46 bits per heavy atom. The van der Waals surface area contributed by atoms with E-state index < -0.39 is 0 Å². The van der Waals surface area contributed by atoms with Crippen LogP contribution in [-0.4, -0.2) is 12.2 Å². The molecule has 1 saturated heterocycles. The lowest BCUT2D eigenvalue weighted by atomic mass is 9.96. The van der Waals surface area contributed by atoms with E-state index in [0.717, 1.165) is 12.3 Å². The molecule has 76 valence electrons. The summed E-state index contributed by atoms with van der Waals surface area (Å²) in [5.41, 5.74) is 0. The molecular formula is C12H22O. The SMILES string of the molecule is C=C[C@@H](C)CC1O[C@@H]1[C@H](C)CCC. The van der Waals surface area contributed by atoms with Crippen molar-refractivity contribution in [2.75, 3.05) is 0 Å². The molecule has 1 fully saturated rings. The summed E-state index contributed by atoms with van der Waals surface area (Å²) in [6.07, 6.45) is 6.80. The van der Waals surface area contributed by atoms with E-state index in [1.165, 1.54) is 12.8 Å². The molecule has 1 heteroatoms. The first kappa shape index (κ1) is 10.8. The van der Waals surface area contributed by atoms with Crippen LogP contribution in [0.2, 0.25) is 0 Å². The van der Waals surface area contributed by atoms with Crippen LogP contribution >= 0.6 is 0 Å². The Morgan fingerprint density at radius 3 is 2.69 bits per heavy atom. The van der Waals surface area contributed by atoms with Crippen molar-refractivity contribution in [1.82, 2.24) is 0 Å². The number of allylic oxidation sites excluding steroid dienone is 1. The van der Waals surface area contributed by atoms with Gasteiger partial charge in [-0.25, -0.2) is 0 Å². The number of ether oxygens (including phenoxy) is 1. The van der Waals surface area contributed by atoms with E-state index in [0.29, 0.717) is 18.1 Å². The number of epoxide rings is 1. The maximum absolute atomic E-state index is 5.66. The van der Waals surface area contributed by atoms with Crippen LogP contribution < -0.4 is 0 Å². The predicted molar refractivity (Wildman–Crippen MR) is 56.7 cm³/mol. The summed E-state index contributed by atoms with van der Waals surface area (Å²) in [4.78, 5) is 0. The Morgan fingerprint density at radius 2 is 2.15 bits per heavy atom. The topological polar surface area (TPSA) is 12.5 Å². The second kappa shape index (κ2) is 4.80. The Bertz CT molecular complexity index is 165. The molecule has 0 saturated carbocycles. The van der Waals surface area contributed by atoms with Gasteiger partial charge in [-0.05, 0) is 24.7 Å². The standard InChI is InChI=1S/C12H22O/c1-5-7-10(4)12-11(13-12)8-9(3)6-2/h6,9-12H,2,5,7-8H2,1,3-4H3/t9-,10-,11?,12-/m1/s1. The molecule has 0 aromatic carbocycles. The highest BCUT2D eigenvalue weighted by atomic mass is 16.6. The molecule has 0 N–H and O–H groups in total. The van der Waals surface area contributed by atoms with Crippen molar-refractivity contribution in [1.29, 1.82) is 0 Å². The lowest BCUT2D eigenvalue weighted by Gasteiger charge is -2.06. The molecule has 0 aromatic heterocycles. The molecular weight excluding hydrogens is 160 g/mol. The van der Waals surface area contributed by atoms with Crippen LogP contribution in [0.4, 0.5) is 0 Å². The third-order valence-corrected chi connectivity index (χ3v) is 2.93. The van der Waals surface area contributed by atoms with Gasteiger partial charge in [0.1, 0.15) is 0 Å². The first-order valence-electron chi connectivity index (χ1n) is 5.47. The van der Waals surface area contributed by atoms with Gasteiger partial charge in [0.05, 0.1) is 12.2 Å². The Balaban J connectivity index is 2.18. The maximum Gasteiger partial charge on any atom is 0.0867 e. The van der Waals surface area contributed by atoms with Crippen LogP contribution in [0.5, 0.6) is 0 Å². The minimum atomic E-state index is 0.523. The molecule has 0 amide bonds. The molecule has 1 heterocycles. The van der Waals surface area contributed by atoms with Crippen molar-refractivity contribution in [3.8, 4) is 0 Å². The van der Waals surface area contributed by atoms with E-state index in [9.17, 15) is 0 Å². The van der Waals surface area contributed by atoms with Gasteiger partial charge >= 0.3 is 0 Å². The van der Waals surface area contributed by atoms with Crippen LogP contribution in [0.3, 0.4) is 0 Å². The van der Waals surface area contributed by atoms with Crippen LogP contribution in [0.1, 0.15) is 40.0 Å². The van der Waals surface area contributed by atoms with Gasteiger partial charge in [0.2, 0.25) is 0 Å². The highest BCUT2D eigenvalue weighted by Gasteiger charge is 2.42. The molecule has 13 heavy (non-hydrogen) atoms. The van der Waals surface area contributed by atoms with Crippen molar-refractivity contribution >= 4 is 0 Å². The fourth-order valence-electron chi connectivity index (χ4n) is 1.93. The van der Waals surface area contributed by atoms with Crippen molar-refractivity contribution in [3.63, 3.8) is 0 Å². The van der Waals surface area contributed by atoms with Gasteiger partial charge in [-0.3, -0.25) is 0 Å². The van der Waals surface area contributed by atoms with Gasteiger partial charge in [-0.1, -0.05) is 33.3 Å². The average Bonchev–Trinajstić information content (AvgIpc) is 2.84. The smallest absolute Gasteiger partial charge is 0.0867 e. The number of hydrogen-bond donors (Lipinski definition) is 0. The highest BCUT2D eigenvalue weighted by molar-refractivity contribution is 4.92. The van der Waals surface area contributed by atoms with Gasteiger partial charge < -0.3 is 4.74 Å². The summed E-state index contributed by atoms with van der Waals surface area (Å²) in [7, 11) is 0. The van der Waals surface area contributed by atoms with Crippen molar-refractivity contribution in [2.24, 2.45) is 11.8 Å². The van der Waals surface area contributed by atoms with Crippen LogP contribution in [0.25, 0.3) is 0 Å². The van der Waals surface area contributed by atoms with E-state index in [1.54, 1.807) is 0 Å². The molecule has 1 nitrogen and oxygen atoms in total. The van der Waals surface area contributed by atoms with Gasteiger partial charge in [0.15, 0.2) is 0 Å². The fraction of sp³-hybridized carbons (Fsp3) is 0.833. The van der Waals surface area contributed by atoms with Gasteiger partial charge in [0.25, 0.3) is 0 Å². The van der Waals surface area contributed by atoms with E-state index in [1.807, 2.05) is 6.08 Å². The van der Waals surface area contributed by atoms with E-state index in [4.69, 9.17) is 4.74 Å². The van der Waals surface area contributed by atoms with Crippen molar-refractivity contribution in [3.05, 3.63) is 12.7 Å². The minimum Gasteiger partial charge on any atom is -0.369 e. The Hall–Kier alpha value is -0.300. The molecule has 1 rings (SSSR count). The molecule has 0 bridgehead atoms. The molecule has 1 aliphatic heterocycles. The largest absolute Gasteiger partial charge is 0.369 e. The molecule has 0 radical (unpaired) electrons. The molecule has 1 aliphatic rings. The monoisotopic (exact) mass is 182 g/mol. The summed E-state index contributed by atoms with van der Waals surface area (Å²) in [5.74, 6) is 1.34. The van der Waals surface area contributed by atoms with Crippen LogP contribution in [-0.2, 0) is 4.74 Å². The third-order valence-electron chi connectivity index (χ3n) is 2.93.